The number of carbonyl (C=O) groups is 1. The van der Waals surface area contributed by atoms with E-state index >= 15 is 0 Å². The molecule has 7 nitrogen and oxygen atoms in total. The highest BCUT2D eigenvalue weighted by molar-refractivity contribution is 5.95. The van der Waals surface area contributed by atoms with Gasteiger partial charge >= 0.3 is 0 Å². The SMILES string of the molecule is COc1ccc(C2CCCCCN2C(=O)c2ccc(OCc3c(C)noc3C)c(OC)c2)cc1. The van der Waals surface area contributed by atoms with Crippen molar-refractivity contribution < 1.29 is 23.5 Å². The molecule has 0 radical (unpaired) electrons. The molecule has 1 fully saturated rings. The second-order valence-corrected chi connectivity index (χ2v) is 8.59. The van der Waals surface area contributed by atoms with E-state index in [0.717, 1.165) is 60.6 Å². The predicted molar refractivity (Wildman–Crippen MR) is 129 cm³/mol. The van der Waals surface area contributed by atoms with Crippen molar-refractivity contribution in [2.24, 2.45) is 0 Å². The van der Waals surface area contributed by atoms with E-state index < -0.39 is 0 Å². The Morgan fingerprint density at radius 1 is 1.03 bits per heavy atom. The summed E-state index contributed by atoms with van der Waals surface area (Å²) in [6, 6.07) is 13.4. The van der Waals surface area contributed by atoms with Gasteiger partial charge in [-0.1, -0.05) is 30.1 Å². The van der Waals surface area contributed by atoms with Crippen molar-refractivity contribution in [2.45, 2.75) is 52.2 Å². The van der Waals surface area contributed by atoms with Crippen LogP contribution in [0.4, 0.5) is 0 Å². The van der Waals surface area contributed by atoms with Gasteiger partial charge in [-0.2, -0.15) is 0 Å². The molecule has 7 heteroatoms. The number of ether oxygens (including phenoxy) is 3. The van der Waals surface area contributed by atoms with Gasteiger partial charge in [0.1, 0.15) is 18.1 Å². The first-order chi connectivity index (χ1) is 16.5. The Bertz CT molecular complexity index is 1100. The van der Waals surface area contributed by atoms with Gasteiger partial charge in [-0.15, -0.1) is 0 Å². The summed E-state index contributed by atoms with van der Waals surface area (Å²) in [6.45, 7) is 4.78. The van der Waals surface area contributed by atoms with Gasteiger partial charge in [0.25, 0.3) is 5.91 Å². The standard InChI is InChI=1S/C27H32N2O5/c1-18-23(19(2)34-28-18)17-33-25-14-11-21(16-26(25)32-4)27(30)29-15-7-5-6-8-24(29)20-9-12-22(31-3)13-10-20/h9-14,16,24H,5-8,15,17H2,1-4H3. The third-order valence-corrected chi connectivity index (χ3v) is 6.48. The molecule has 1 amide bonds. The fourth-order valence-electron chi connectivity index (χ4n) is 4.47. The minimum atomic E-state index is -0.00158. The molecule has 1 unspecified atom stereocenters. The van der Waals surface area contributed by atoms with Crippen LogP contribution in [0.25, 0.3) is 0 Å². The molecule has 1 aliphatic rings. The second kappa shape index (κ2) is 10.6. The Hall–Kier alpha value is -3.48. The molecule has 3 aromatic rings. The Morgan fingerprint density at radius 2 is 1.82 bits per heavy atom. The molecule has 1 saturated heterocycles. The maximum atomic E-state index is 13.7. The topological polar surface area (TPSA) is 74.0 Å². The van der Waals surface area contributed by atoms with E-state index in [9.17, 15) is 4.79 Å². The summed E-state index contributed by atoms with van der Waals surface area (Å²) in [5.74, 6) is 2.63. The molecule has 4 rings (SSSR count). The van der Waals surface area contributed by atoms with Crippen molar-refractivity contribution in [1.82, 2.24) is 10.1 Å². The zero-order chi connectivity index (χ0) is 24.1. The van der Waals surface area contributed by atoms with Crippen LogP contribution in [-0.4, -0.2) is 36.7 Å². The number of aromatic nitrogens is 1. The number of hydrogen-bond donors (Lipinski definition) is 0. The zero-order valence-corrected chi connectivity index (χ0v) is 20.3. The van der Waals surface area contributed by atoms with Crippen molar-refractivity contribution >= 4 is 5.91 Å². The summed E-state index contributed by atoms with van der Waals surface area (Å²) in [4.78, 5) is 15.7. The smallest absolute Gasteiger partial charge is 0.254 e. The minimum Gasteiger partial charge on any atom is -0.497 e. The van der Waals surface area contributed by atoms with Gasteiger partial charge in [0.2, 0.25) is 0 Å². The lowest BCUT2D eigenvalue weighted by molar-refractivity contribution is 0.0680. The molecule has 1 aromatic heterocycles. The largest absolute Gasteiger partial charge is 0.497 e. The molecule has 2 aromatic carbocycles. The molecule has 1 atom stereocenters. The highest BCUT2D eigenvalue weighted by atomic mass is 16.5. The molecular formula is C27H32N2O5. The fraction of sp³-hybridized carbons (Fsp3) is 0.407. The number of rotatable bonds is 7. The van der Waals surface area contributed by atoms with E-state index in [0.29, 0.717) is 23.7 Å². The molecule has 0 N–H and O–H groups in total. The van der Waals surface area contributed by atoms with E-state index in [1.54, 1.807) is 26.4 Å². The monoisotopic (exact) mass is 464 g/mol. The summed E-state index contributed by atoms with van der Waals surface area (Å²) >= 11 is 0. The number of nitrogens with zero attached hydrogens (tertiary/aromatic N) is 2. The lowest BCUT2D eigenvalue weighted by Gasteiger charge is -2.31. The number of carbonyl (C=O) groups excluding carboxylic acids is 1. The number of hydrogen-bond acceptors (Lipinski definition) is 6. The average molecular weight is 465 g/mol. The quantitative estimate of drug-likeness (QED) is 0.450. The van der Waals surface area contributed by atoms with Crippen LogP contribution in [0.15, 0.2) is 47.0 Å². The van der Waals surface area contributed by atoms with Crippen LogP contribution in [0.3, 0.4) is 0 Å². The molecule has 34 heavy (non-hydrogen) atoms. The van der Waals surface area contributed by atoms with E-state index in [4.69, 9.17) is 18.7 Å². The minimum absolute atomic E-state index is 0.00158. The van der Waals surface area contributed by atoms with Gasteiger partial charge in [-0.05, 0) is 62.6 Å². The molecule has 0 spiro atoms. The molecule has 1 aliphatic heterocycles. The van der Waals surface area contributed by atoms with Crippen LogP contribution in [0, 0.1) is 13.8 Å². The number of likely N-dealkylation sites (tertiary alicyclic amines) is 1. The van der Waals surface area contributed by atoms with Gasteiger partial charge in [0, 0.05) is 12.1 Å². The number of amides is 1. The molecule has 180 valence electrons. The van der Waals surface area contributed by atoms with Crippen LogP contribution in [0.1, 0.15) is 64.7 Å². The Labute approximate surface area is 200 Å². The number of benzene rings is 2. The van der Waals surface area contributed by atoms with Crippen LogP contribution in [-0.2, 0) is 6.61 Å². The van der Waals surface area contributed by atoms with Gasteiger partial charge in [-0.3, -0.25) is 4.79 Å². The Kier molecular flexibility index (Phi) is 7.40. The molecule has 0 saturated carbocycles. The fourth-order valence-corrected chi connectivity index (χ4v) is 4.47. The van der Waals surface area contributed by atoms with Gasteiger partial charge in [0.05, 0.1) is 31.5 Å². The van der Waals surface area contributed by atoms with Crippen molar-refractivity contribution in [3.05, 3.63) is 70.6 Å². The van der Waals surface area contributed by atoms with Crippen molar-refractivity contribution in [3.8, 4) is 17.2 Å². The lowest BCUT2D eigenvalue weighted by Crippen LogP contribution is -2.34. The first-order valence-electron chi connectivity index (χ1n) is 11.7. The van der Waals surface area contributed by atoms with Gasteiger partial charge in [-0.25, -0.2) is 0 Å². The molecule has 0 aliphatic carbocycles. The lowest BCUT2D eigenvalue weighted by atomic mass is 10.00. The maximum absolute atomic E-state index is 13.7. The summed E-state index contributed by atoms with van der Waals surface area (Å²) in [5.41, 5.74) is 3.42. The van der Waals surface area contributed by atoms with Gasteiger partial charge in [0.15, 0.2) is 11.5 Å². The maximum Gasteiger partial charge on any atom is 0.254 e. The first-order valence-corrected chi connectivity index (χ1v) is 11.7. The summed E-state index contributed by atoms with van der Waals surface area (Å²) in [7, 11) is 3.24. The van der Waals surface area contributed by atoms with Gasteiger partial charge < -0.3 is 23.6 Å². The van der Waals surface area contributed by atoms with E-state index in [-0.39, 0.29) is 11.9 Å². The zero-order valence-electron chi connectivity index (χ0n) is 20.3. The molecular weight excluding hydrogens is 432 g/mol. The van der Waals surface area contributed by atoms with Crippen LogP contribution in [0.5, 0.6) is 17.2 Å². The van der Waals surface area contributed by atoms with Crippen LogP contribution >= 0.6 is 0 Å². The van der Waals surface area contributed by atoms with Crippen LogP contribution < -0.4 is 14.2 Å². The molecule has 2 heterocycles. The number of methoxy groups -OCH3 is 2. The summed E-state index contributed by atoms with van der Waals surface area (Å²) < 4.78 is 22.1. The van der Waals surface area contributed by atoms with E-state index in [2.05, 4.69) is 17.3 Å². The van der Waals surface area contributed by atoms with Crippen molar-refractivity contribution in [2.75, 3.05) is 20.8 Å². The van der Waals surface area contributed by atoms with Crippen molar-refractivity contribution in [1.29, 1.82) is 0 Å². The third kappa shape index (κ3) is 5.03. The van der Waals surface area contributed by atoms with Crippen molar-refractivity contribution in [3.63, 3.8) is 0 Å². The summed E-state index contributed by atoms with van der Waals surface area (Å²) in [5, 5.41) is 3.97. The highest BCUT2D eigenvalue weighted by Gasteiger charge is 2.28. The number of aryl methyl sites for hydroxylation is 2. The Morgan fingerprint density at radius 3 is 2.50 bits per heavy atom. The van der Waals surface area contributed by atoms with Crippen LogP contribution in [0.2, 0.25) is 0 Å². The first kappa shape index (κ1) is 23.7. The Balaban J connectivity index is 1.56. The van der Waals surface area contributed by atoms with E-state index in [1.807, 2.05) is 36.9 Å². The van der Waals surface area contributed by atoms with E-state index in [1.165, 1.54) is 0 Å². The third-order valence-electron chi connectivity index (χ3n) is 6.48. The highest BCUT2D eigenvalue weighted by Crippen LogP contribution is 2.34. The summed E-state index contributed by atoms with van der Waals surface area (Å²) in [6.07, 6.45) is 4.15. The normalized spacial score (nSPS) is 16.1. The second-order valence-electron chi connectivity index (χ2n) is 8.59. The average Bonchev–Trinajstić information content (AvgIpc) is 3.04. The predicted octanol–water partition coefficient (Wildman–Crippen LogP) is 5.65. The molecule has 0 bridgehead atoms.